The first-order valence-electron chi connectivity index (χ1n) is 17.4. The molecule has 0 fully saturated rings. The molecular weight excluding hydrogens is 623 g/mol. The van der Waals surface area contributed by atoms with E-state index in [1.807, 2.05) is 12.1 Å². The molecule has 0 bridgehead atoms. The molecule has 242 valence electrons. The molecule has 0 radical (unpaired) electrons. The van der Waals surface area contributed by atoms with Crippen LogP contribution in [0.15, 0.2) is 185 Å². The second-order valence-electron chi connectivity index (χ2n) is 13.2. The number of amidine groups is 1. The van der Waals surface area contributed by atoms with Crippen molar-refractivity contribution in [2.75, 3.05) is 0 Å². The molecule has 51 heavy (non-hydrogen) atoms. The molecule has 0 amide bonds. The molecule has 1 aliphatic rings. The third-order valence-electron chi connectivity index (χ3n) is 10.2. The van der Waals surface area contributed by atoms with Gasteiger partial charge in [0.05, 0.1) is 0 Å². The molecule has 9 aromatic rings. The van der Waals surface area contributed by atoms with Gasteiger partial charge in [-0.05, 0) is 73.1 Å². The van der Waals surface area contributed by atoms with Gasteiger partial charge in [-0.15, -0.1) is 0 Å². The molecule has 2 atom stereocenters. The number of benzene rings is 8. The summed E-state index contributed by atoms with van der Waals surface area (Å²) in [6.07, 6.45) is -0.457. The Hall–Kier alpha value is -6.49. The molecule has 4 heteroatoms. The van der Waals surface area contributed by atoms with Gasteiger partial charge in [0.1, 0.15) is 29.3 Å². The van der Waals surface area contributed by atoms with Gasteiger partial charge in [-0.3, -0.25) is 5.32 Å². The summed E-state index contributed by atoms with van der Waals surface area (Å²) in [5.74, 6) is 0.860. The zero-order valence-electron chi connectivity index (χ0n) is 27.8. The van der Waals surface area contributed by atoms with Gasteiger partial charge in [0.15, 0.2) is 0 Å². The van der Waals surface area contributed by atoms with E-state index >= 15 is 0 Å². The largest absolute Gasteiger partial charge is 0.456 e. The third-order valence-corrected chi connectivity index (χ3v) is 10.2. The predicted octanol–water partition coefficient (Wildman–Crippen LogP) is 11.6. The van der Waals surface area contributed by atoms with Crippen molar-refractivity contribution in [1.82, 2.24) is 10.6 Å². The van der Waals surface area contributed by atoms with Crippen LogP contribution in [-0.4, -0.2) is 5.84 Å². The summed E-state index contributed by atoms with van der Waals surface area (Å²) in [7, 11) is 0. The second kappa shape index (κ2) is 12.1. The summed E-state index contributed by atoms with van der Waals surface area (Å²) in [4.78, 5) is 5.29. The lowest BCUT2D eigenvalue weighted by molar-refractivity contribution is 0.411. The Morgan fingerprint density at radius 1 is 0.471 bits per heavy atom. The Morgan fingerprint density at radius 3 is 2.04 bits per heavy atom. The Bertz CT molecular complexity index is 2760. The van der Waals surface area contributed by atoms with Crippen molar-refractivity contribution >= 4 is 49.3 Å². The number of aliphatic imine (C=N–C) groups is 1. The highest BCUT2D eigenvalue weighted by molar-refractivity contribution is 6.15. The number of hydrogen-bond acceptors (Lipinski definition) is 4. The average molecular weight is 656 g/mol. The lowest BCUT2D eigenvalue weighted by Gasteiger charge is -2.33. The molecule has 1 aliphatic heterocycles. The smallest absolute Gasteiger partial charge is 0.136 e. The fraction of sp³-hybridized carbons (Fsp3) is 0.0426. The normalized spacial score (nSPS) is 16.0. The predicted molar refractivity (Wildman–Crippen MR) is 211 cm³/mol. The second-order valence-corrected chi connectivity index (χ2v) is 13.2. The molecule has 0 saturated carbocycles. The standard InChI is InChI=1S/C47H33N3O/c1-2-11-30(12-3-1)32-23-26-33(27-24-32)45-48-46(35-28-25-31-13-4-5-14-34(31)29-35)50-47(49-45)40-20-9-16-36-37(17-8-18-38(36)40)39-19-10-22-43-44(39)41-15-6-7-21-42(41)51-43/h1-29,46-47,50H,(H,48,49). The van der Waals surface area contributed by atoms with Crippen LogP contribution in [0.1, 0.15) is 29.0 Å². The van der Waals surface area contributed by atoms with Crippen molar-refractivity contribution in [2.24, 2.45) is 4.99 Å². The summed E-state index contributed by atoms with van der Waals surface area (Å²) in [6.45, 7) is 0. The molecule has 8 aromatic carbocycles. The number of nitrogens with one attached hydrogen (secondary N) is 2. The number of rotatable bonds is 5. The molecule has 2 unspecified atom stereocenters. The van der Waals surface area contributed by atoms with Crippen molar-refractivity contribution in [2.45, 2.75) is 12.3 Å². The van der Waals surface area contributed by atoms with Crippen LogP contribution in [0.2, 0.25) is 0 Å². The lowest BCUT2D eigenvalue weighted by atomic mass is 9.92. The maximum Gasteiger partial charge on any atom is 0.136 e. The Morgan fingerprint density at radius 2 is 1.14 bits per heavy atom. The van der Waals surface area contributed by atoms with E-state index in [2.05, 4.69) is 174 Å². The van der Waals surface area contributed by atoms with Crippen LogP contribution >= 0.6 is 0 Å². The van der Waals surface area contributed by atoms with Gasteiger partial charge in [-0.1, -0.05) is 158 Å². The topological polar surface area (TPSA) is 49.6 Å². The van der Waals surface area contributed by atoms with Crippen LogP contribution in [0.3, 0.4) is 0 Å². The van der Waals surface area contributed by atoms with Crippen LogP contribution in [0, 0.1) is 0 Å². The fourth-order valence-corrected chi connectivity index (χ4v) is 7.69. The lowest BCUT2D eigenvalue weighted by Crippen LogP contribution is -2.45. The monoisotopic (exact) mass is 655 g/mol. The Labute approximate surface area is 295 Å². The SMILES string of the molecule is c1ccc(-c2ccc(C3=NC(c4ccc5ccccc5c4)NC(c4cccc5c(-c6cccc7oc8ccccc8c67)cccc45)N3)cc2)cc1. The van der Waals surface area contributed by atoms with Crippen LogP contribution in [0.4, 0.5) is 0 Å². The quantitative estimate of drug-likeness (QED) is 0.194. The zero-order chi connectivity index (χ0) is 33.7. The highest BCUT2D eigenvalue weighted by Gasteiger charge is 2.27. The van der Waals surface area contributed by atoms with Gasteiger partial charge in [0.2, 0.25) is 0 Å². The summed E-state index contributed by atoms with van der Waals surface area (Å²) in [5, 5.41) is 14.7. The molecule has 1 aromatic heterocycles. The van der Waals surface area contributed by atoms with E-state index in [0.29, 0.717) is 0 Å². The van der Waals surface area contributed by atoms with Gasteiger partial charge in [-0.25, -0.2) is 4.99 Å². The van der Waals surface area contributed by atoms with E-state index in [1.54, 1.807) is 0 Å². The van der Waals surface area contributed by atoms with Gasteiger partial charge < -0.3 is 9.73 Å². The summed E-state index contributed by atoms with van der Waals surface area (Å²) in [6, 6.07) is 62.3. The van der Waals surface area contributed by atoms with Crippen molar-refractivity contribution in [3.05, 3.63) is 193 Å². The van der Waals surface area contributed by atoms with Gasteiger partial charge >= 0.3 is 0 Å². The first-order valence-corrected chi connectivity index (χ1v) is 17.4. The molecule has 0 saturated heterocycles. The van der Waals surface area contributed by atoms with Crippen LogP contribution in [-0.2, 0) is 0 Å². The van der Waals surface area contributed by atoms with E-state index in [4.69, 9.17) is 9.41 Å². The maximum absolute atomic E-state index is 6.28. The van der Waals surface area contributed by atoms with Crippen LogP contribution in [0.25, 0.3) is 65.7 Å². The van der Waals surface area contributed by atoms with Crippen molar-refractivity contribution < 1.29 is 4.42 Å². The van der Waals surface area contributed by atoms with Crippen LogP contribution < -0.4 is 10.6 Å². The Kier molecular flexibility index (Phi) is 7.00. The zero-order valence-corrected chi connectivity index (χ0v) is 27.8. The molecular formula is C47H33N3O. The molecule has 0 spiro atoms. The minimum Gasteiger partial charge on any atom is -0.456 e. The maximum atomic E-state index is 6.28. The highest BCUT2D eigenvalue weighted by atomic mass is 16.3. The summed E-state index contributed by atoms with van der Waals surface area (Å²) >= 11 is 0. The fourth-order valence-electron chi connectivity index (χ4n) is 7.69. The number of hydrogen-bond donors (Lipinski definition) is 2. The van der Waals surface area contributed by atoms with E-state index in [-0.39, 0.29) is 12.3 Å². The van der Waals surface area contributed by atoms with Gasteiger partial charge in [-0.2, -0.15) is 0 Å². The highest BCUT2D eigenvalue weighted by Crippen LogP contribution is 2.40. The van der Waals surface area contributed by atoms with Gasteiger partial charge in [0.25, 0.3) is 0 Å². The van der Waals surface area contributed by atoms with Crippen molar-refractivity contribution in [3.63, 3.8) is 0 Å². The van der Waals surface area contributed by atoms with Crippen molar-refractivity contribution in [3.8, 4) is 22.3 Å². The number of para-hydroxylation sites is 1. The number of fused-ring (bicyclic) bond motifs is 5. The molecule has 2 heterocycles. The minimum atomic E-state index is -0.255. The van der Waals surface area contributed by atoms with Gasteiger partial charge in [0, 0.05) is 16.3 Å². The summed E-state index contributed by atoms with van der Waals surface area (Å²) < 4.78 is 6.28. The average Bonchev–Trinajstić information content (AvgIpc) is 3.60. The number of nitrogens with zero attached hydrogens (tertiary/aromatic N) is 1. The third kappa shape index (κ3) is 5.16. The first kappa shape index (κ1) is 29.4. The van der Waals surface area contributed by atoms with E-state index in [0.717, 1.165) is 44.5 Å². The van der Waals surface area contributed by atoms with E-state index in [9.17, 15) is 0 Å². The first-order chi connectivity index (χ1) is 25.3. The molecule has 10 rings (SSSR count). The van der Waals surface area contributed by atoms with Crippen LogP contribution in [0.5, 0.6) is 0 Å². The molecule has 0 aliphatic carbocycles. The molecule has 4 nitrogen and oxygen atoms in total. The summed E-state index contributed by atoms with van der Waals surface area (Å²) in [5.41, 5.74) is 9.86. The minimum absolute atomic E-state index is 0.202. The van der Waals surface area contributed by atoms with Crippen molar-refractivity contribution in [1.29, 1.82) is 0 Å². The van der Waals surface area contributed by atoms with E-state index < -0.39 is 0 Å². The molecule has 2 N–H and O–H groups in total. The van der Waals surface area contributed by atoms with E-state index in [1.165, 1.54) is 43.8 Å². The Balaban J connectivity index is 1.09. The number of furan rings is 1.